The van der Waals surface area contributed by atoms with Crippen LogP contribution in [0.1, 0.15) is 89.7 Å². The van der Waals surface area contributed by atoms with E-state index in [0.29, 0.717) is 23.6 Å². The molecule has 5 aromatic rings. The minimum absolute atomic E-state index is 0.0367. The predicted molar refractivity (Wildman–Crippen MR) is 263 cm³/mol. The number of ether oxygens (including phenoxy) is 3. The van der Waals surface area contributed by atoms with Crippen molar-refractivity contribution in [3.05, 3.63) is 120 Å². The van der Waals surface area contributed by atoms with Crippen LogP contribution in [0.4, 0.5) is 10.5 Å². The van der Waals surface area contributed by atoms with E-state index in [9.17, 15) is 34.8 Å². The van der Waals surface area contributed by atoms with Crippen molar-refractivity contribution < 1.29 is 49.1 Å². The summed E-state index contributed by atoms with van der Waals surface area (Å²) in [6.07, 6.45) is -0.369. The van der Waals surface area contributed by atoms with Gasteiger partial charge in [-0.1, -0.05) is 113 Å². The summed E-state index contributed by atoms with van der Waals surface area (Å²) in [5.41, 5.74) is 0.201. The van der Waals surface area contributed by atoms with Crippen LogP contribution in [0.5, 0.6) is 11.5 Å². The topological polar surface area (TPSA) is 218 Å². The number of nitrogens with two attached hydrogens (primary N) is 1. The number of fused-ring (bicyclic) bond motifs is 1. The molecule has 4 aromatic carbocycles. The molecule has 6 rings (SSSR count). The van der Waals surface area contributed by atoms with Gasteiger partial charge in [0.15, 0.2) is 15.6 Å². The standard InChI is InChI=1S/C47H58N4O11S4Si/c1-8-10-26-49-39-28-34(29-41(65(48,56)57)43(39)62-35-20-14-11-15-21-35)44(52)60-31-32(3)61-46(53)51(9-2)40-27-33(4)64(54,55)45-38(40)30-42(63-45)66(58,59)50-67(47(5,6)7,36-22-16-12-17-23-36)37-24-18-13-19-25-37/h11-25,28-30,32-33,40,49-50H,8-10,26-27,31H2,1-7H3,(H2,48,56,57)/t32?,33-,40-/m0/s1. The Hall–Kier alpha value is -5.09. The highest BCUT2D eigenvalue weighted by Crippen LogP contribution is 2.46. The highest BCUT2D eigenvalue weighted by Gasteiger charge is 2.52. The van der Waals surface area contributed by atoms with Gasteiger partial charge in [-0.05, 0) is 79.4 Å². The second kappa shape index (κ2) is 20.6. The Morgan fingerprint density at radius 3 is 2.03 bits per heavy atom. The third-order valence-electron chi connectivity index (χ3n) is 11.6. The number of carbonyl (C=O) groups excluding carboxylic acids is 2. The Morgan fingerprint density at radius 2 is 1.49 bits per heavy atom. The van der Waals surface area contributed by atoms with Crippen LogP contribution in [0.2, 0.25) is 5.04 Å². The van der Waals surface area contributed by atoms with E-state index in [1.54, 1.807) is 37.3 Å². The molecule has 1 unspecified atom stereocenters. The van der Waals surface area contributed by atoms with Crippen molar-refractivity contribution in [2.75, 3.05) is 25.0 Å². The molecule has 0 bridgehead atoms. The van der Waals surface area contributed by atoms with Gasteiger partial charge in [0.05, 0.1) is 22.5 Å². The number of carbonyl (C=O) groups is 2. The number of sulfone groups is 1. The Balaban J connectivity index is 1.25. The average Bonchev–Trinajstić information content (AvgIpc) is 3.76. The molecule has 0 saturated carbocycles. The summed E-state index contributed by atoms with van der Waals surface area (Å²) in [7, 11) is -16.3. The minimum Gasteiger partial charge on any atom is -0.458 e. The van der Waals surface area contributed by atoms with Crippen LogP contribution in [0.25, 0.3) is 0 Å². The summed E-state index contributed by atoms with van der Waals surface area (Å²) in [6.45, 7) is 12.7. The highest BCUT2D eigenvalue weighted by molar-refractivity contribution is 7.96. The number of nitrogens with one attached hydrogen (secondary N) is 2. The van der Waals surface area contributed by atoms with Crippen LogP contribution in [-0.2, 0) is 39.4 Å². The molecule has 4 N–H and O–H groups in total. The maximum absolute atomic E-state index is 14.8. The van der Waals surface area contributed by atoms with E-state index in [-0.39, 0.29) is 43.9 Å². The summed E-state index contributed by atoms with van der Waals surface area (Å²) in [5, 5.41) is 8.82. The number of para-hydroxylation sites is 1. The van der Waals surface area contributed by atoms with Crippen molar-refractivity contribution in [1.29, 1.82) is 0 Å². The first-order valence-electron chi connectivity index (χ1n) is 21.9. The average molecular weight is 1010 g/mol. The van der Waals surface area contributed by atoms with Crippen molar-refractivity contribution in [3.8, 4) is 11.5 Å². The molecular formula is C47H58N4O11S4Si. The summed E-state index contributed by atoms with van der Waals surface area (Å²) in [4.78, 5) is 28.4. The van der Waals surface area contributed by atoms with Crippen LogP contribution in [0.15, 0.2) is 123 Å². The van der Waals surface area contributed by atoms with E-state index >= 15 is 0 Å². The van der Waals surface area contributed by atoms with Crippen molar-refractivity contribution in [2.24, 2.45) is 5.14 Å². The van der Waals surface area contributed by atoms with Gasteiger partial charge in [0, 0.05) is 18.7 Å². The quantitative estimate of drug-likeness (QED) is 0.0441. The van der Waals surface area contributed by atoms with Gasteiger partial charge < -0.3 is 24.4 Å². The Morgan fingerprint density at radius 1 is 0.910 bits per heavy atom. The van der Waals surface area contributed by atoms with Crippen molar-refractivity contribution >= 4 is 77.6 Å². The smallest absolute Gasteiger partial charge is 0.410 e. The molecule has 0 saturated heterocycles. The fraction of sp³-hybridized carbons (Fsp3) is 0.362. The zero-order valence-electron chi connectivity index (χ0n) is 38.5. The molecule has 15 nitrogen and oxygen atoms in total. The summed E-state index contributed by atoms with van der Waals surface area (Å²) in [5.74, 6) is -0.687. The van der Waals surface area contributed by atoms with Gasteiger partial charge in [0.25, 0.3) is 0 Å². The summed E-state index contributed by atoms with van der Waals surface area (Å²) < 4.78 is 103. The number of thiophene rings is 1. The van der Waals surface area contributed by atoms with Crippen molar-refractivity contribution in [1.82, 2.24) is 9.29 Å². The molecule has 360 valence electrons. The zero-order valence-corrected chi connectivity index (χ0v) is 42.8. The van der Waals surface area contributed by atoms with E-state index in [1.807, 2.05) is 88.4 Å². The number of benzene rings is 4. The van der Waals surface area contributed by atoms with Crippen LogP contribution in [0, 0.1) is 0 Å². The number of anilines is 1. The Labute approximate surface area is 399 Å². The van der Waals surface area contributed by atoms with E-state index in [0.717, 1.165) is 29.3 Å². The zero-order chi connectivity index (χ0) is 49.0. The van der Waals surface area contributed by atoms with Gasteiger partial charge in [-0.3, -0.25) is 0 Å². The van der Waals surface area contributed by atoms with Gasteiger partial charge in [-0.25, -0.2) is 44.4 Å². The Bertz CT molecular complexity index is 2860. The molecule has 1 aromatic heterocycles. The van der Waals surface area contributed by atoms with Crippen LogP contribution in [-0.4, -0.2) is 81.5 Å². The maximum Gasteiger partial charge on any atom is 0.410 e. The van der Waals surface area contributed by atoms with Gasteiger partial charge >= 0.3 is 12.1 Å². The van der Waals surface area contributed by atoms with Crippen molar-refractivity contribution in [3.63, 3.8) is 0 Å². The molecule has 0 spiro atoms. The monoisotopic (exact) mass is 1010 g/mol. The number of sulfonamides is 2. The second-order valence-electron chi connectivity index (χ2n) is 17.4. The molecule has 20 heteroatoms. The maximum atomic E-state index is 14.8. The minimum atomic E-state index is -4.43. The molecule has 0 fully saturated rings. The third-order valence-corrected chi connectivity index (χ3v) is 24.7. The van der Waals surface area contributed by atoms with Crippen LogP contribution < -0.4 is 30.0 Å². The molecular weight excluding hydrogens is 953 g/mol. The van der Waals surface area contributed by atoms with Gasteiger partial charge in [-0.2, -0.15) is 0 Å². The molecule has 1 amide bonds. The number of rotatable bonds is 18. The molecule has 0 aliphatic carbocycles. The lowest BCUT2D eigenvalue weighted by molar-refractivity contribution is 0.00895. The molecule has 0 radical (unpaired) electrons. The van der Waals surface area contributed by atoms with E-state index in [1.165, 1.54) is 30.9 Å². The first-order chi connectivity index (χ1) is 31.5. The normalized spacial score (nSPS) is 16.6. The molecule has 67 heavy (non-hydrogen) atoms. The fourth-order valence-corrected chi connectivity index (χ4v) is 21.2. The third kappa shape index (κ3) is 11.1. The fourth-order valence-electron chi connectivity index (χ4n) is 8.13. The van der Waals surface area contributed by atoms with E-state index < -0.39 is 84.1 Å². The lowest BCUT2D eigenvalue weighted by atomic mass is 10.0. The Kier molecular flexibility index (Phi) is 15.8. The first-order valence-corrected chi connectivity index (χ1v) is 29.3. The first kappa shape index (κ1) is 51.3. The van der Waals surface area contributed by atoms with Crippen LogP contribution in [0.3, 0.4) is 0 Å². The predicted octanol–water partition coefficient (Wildman–Crippen LogP) is 7.55. The van der Waals surface area contributed by atoms with Gasteiger partial charge in [-0.15, -0.1) is 11.3 Å². The summed E-state index contributed by atoms with van der Waals surface area (Å²) >= 11 is 0.661. The number of esters is 1. The highest BCUT2D eigenvalue weighted by atomic mass is 32.3. The molecule has 1 aliphatic heterocycles. The summed E-state index contributed by atoms with van der Waals surface area (Å²) in [6, 6.07) is 30.2. The molecule has 3 atom stereocenters. The second-order valence-corrected chi connectivity index (χ2v) is 29.2. The number of nitrogens with zero attached hydrogens (tertiary/aromatic N) is 1. The number of amides is 1. The number of hydrogen-bond donors (Lipinski definition) is 3. The van der Waals surface area contributed by atoms with E-state index in [2.05, 4.69) is 9.70 Å². The van der Waals surface area contributed by atoms with Crippen LogP contribution >= 0.6 is 11.3 Å². The lowest BCUT2D eigenvalue weighted by Crippen LogP contribution is -2.74. The van der Waals surface area contributed by atoms with Gasteiger partial charge in [0.2, 0.25) is 28.3 Å². The number of primary sulfonamides is 1. The molecule has 2 heterocycles. The van der Waals surface area contributed by atoms with Gasteiger partial charge in [0.1, 0.15) is 31.8 Å². The SMILES string of the molecule is CCCCNc1cc(C(=O)OCC(C)OC(=O)N(CC)[C@H]2C[C@H](C)S(=O)(=O)c3sc(S(=O)(=O)N[Si](c4ccccc4)(c4ccccc4)C(C)(C)C)cc32)cc(S(N)(=O)=O)c1Oc1ccccc1. The largest absolute Gasteiger partial charge is 0.458 e. The number of unbranched alkanes of at least 4 members (excludes halogenated alkanes) is 1. The number of hydrogen-bond acceptors (Lipinski definition) is 13. The lowest BCUT2D eigenvalue weighted by Gasteiger charge is -2.43. The van der Waals surface area contributed by atoms with Crippen molar-refractivity contribution in [2.45, 2.75) is 103 Å². The molecule has 1 aliphatic rings. The van der Waals surface area contributed by atoms with E-state index in [4.69, 9.17) is 19.3 Å².